The molecule has 0 amide bonds. The summed E-state index contributed by atoms with van der Waals surface area (Å²) in [5.74, 6) is 0. The van der Waals surface area contributed by atoms with E-state index < -0.39 is 10.0 Å². The first-order valence-corrected chi connectivity index (χ1v) is 11.1. The van der Waals surface area contributed by atoms with Gasteiger partial charge in [-0.1, -0.05) is 18.2 Å². The molecule has 150 valence electrons. The molecule has 0 spiro atoms. The van der Waals surface area contributed by atoms with Crippen LogP contribution in [0.4, 0.5) is 0 Å². The van der Waals surface area contributed by atoms with Crippen LogP contribution in [0.1, 0.15) is 25.7 Å². The highest BCUT2D eigenvalue weighted by Crippen LogP contribution is 2.20. The van der Waals surface area contributed by atoms with E-state index in [4.69, 9.17) is 5.73 Å². The molecule has 0 bridgehead atoms. The van der Waals surface area contributed by atoms with Crippen LogP contribution in [0, 0.1) is 0 Å². The largest absolute Gasteiger partial charge is 0.330 e. The normalized spacial score (nSPS) is 11.9. The van der Waals surface area contributed by atoms with Crippen LogP contribution in [-0.2, 0) is 10.0 Å². The summed E-state index contributed by atoms with van der Waals surface area (Å²) in [6.07, 6.45) is 5.59. The monoisotopic (exact) mass is 393 g/mol. The van der Waals surface area contributed by atoms with Crippen molar-refractivity contribution in [3.05, 3.63) is 36.5 Å². The molecule has 0 unspecified atom stereocenters. The van der Waals surface area contributed by atoms with E-state index in [1.165, 1.54) is 0 Å². The lowest BCUT2D eigenvalue weighted by Gasteiger charge is -2.09. The molecular formula is C19H31N5O2S. The second-order valence-electron chi connectivity index (χ2n) is 6.43. The van der Waals surface area contributed by atoms with Gasteiger partial charge in [0, 0.05) is 18.1 Å². The number of para-hydroxylation sites is 1. The summed E-state index contributed by atoms with van der Waals surface area (Å²) in [5.41, 5.74) is 5.94. The molecule has 0 saturated carbocycles. The summed E-state index contributed by atoms with van der Waals surface area (Å²) in [6, 6.07) is 8.86. The average Bonchev–Trinajstić information content (AvgIpc) is 2.68. The molecule has 0 saturated heterocycles. The fraction of sp³-hybridized carbons (Fsp3) is 0.526. The molecule has 0 aliphatic rings. The lowest BCUT2D eigenvalue weighted by molar-refractivity contribution is 0.559. The highest BCUT2D eigenvalue weighted by atomic mass is 32.2. The van der Waals surface area contributed by atoms with Crippen molar-refractivity contribution in [2.45, 2.75) is 30.6 Å². The zero-order valence-corrected chi connectivity index (χ0v) is 16.6. The Morgan fingerprint density at radius 3 is 2.26 bits per heavy atom. The maximum Gasteiger partial charge on any atom is 0.242 e. The summed E-state index contributed by atoms with van der Waals surface area (Å²) in [7, 11) is -3.56. The number of aromatic nitrogens is 1. The number of fused-ring (bicyclic) bond motifs is 1. The number of nitrogens with two attached hydrogens (primary N) is 1. The van der Waals surface area contributed by atoms with Crippen molar-refractivity contribution in [3.8, 4) is 0 Å². The van der Waals surface area contributed by atoms with Crippen molar-refractivity contribution in [2.75, 3.05) is 39.3 Å². The Morgan fingerprint density at radius 1 is 0.852 bits per heavy atom. The van der Waals surface area contributed by atoms with E-state index in [2.05, 4.69) is 20.3 Å². The molecule has 1 aromatic carbocycles. The van der Waals surface area contributed by atoms with Crippen LogP contribution in [0.3, 0.4) is 0 Å². The summed E-state index contributed by atoms with van der Waals surface area (Å²) in [6.45, 7) is 4.86. The summed E-state index contributed by atoms with van der Waals surface area (Å²) >= 11 is 0. The van der Waals surface area contributed by atoms with Gasteiger partial charge in [0.15, 0.2) is 0 Å². The van der Waals surface area contributed by atoms with E-state index in [0.29, 0.717) is 12.1 Å². The molecule has 2 aromatic rings. The van der Waals surface area contributed by atoms with Gasteiger partial charge < -0.3 is 16.4 Å². The number of sulfonamides is 1. The van der Waals surface area contributed by atoms with Crippen LogP contribution in [0.15, 0.2) is 41.4 Å². The predicted octanol–water partition coefficient (Wildman–Crippen LogP) is 1.21. The highest BCUT2D eigenvalue weighted by Gasteiger charge is 2.17. The van der Waals surface area contributed by atoms with Gasteiger partial charge in [-0.3, -0.25) is 4.98 Å². The van der Waals surface area contributed by atoms with E-state index in [9.17, 15) is 8.42 Å². The van der Waals surface area contributed by atoms with Crippen LogP contribution < -0.4 is 21.1 Å². The van der Waals surface area contributed by atoms with Crippen molar-refractivity contribution in [1.29, 1.82) is 0 Å². The van der Waals surface area contributed by atoms with Crippen LogP contribution in [0.2, 0.25) is 0 Å². The van der Waals surface area contributed by atoms with E-state index >= 15 is 0 Å². The number of pyridine rings is 1. The van der Waals surface area contributed by atoms with Gasteiger partial charge >= 0.3 is 0 Å². The Kier molecular flexibility index (Phi) is 9.65. The number of rotatable bonds is 14. The molecule has 2 rings (SSSR count). The van der Waals surface area contributed by atoms with Crippen molar-refractivity contribution in [2.24, 2.45) is 5.73 Å². The standard InChI is InChI=1S/C19H31N5O2S/c20-10-5-13-21-11-1-2-12-22-14-6-16-24-27(25,26)18-9-3-7-17-8-4-15-23-19(17)18/h3-4,7-9,15,21-22,24H,1-2,5-6,10-14,16,20H2. The lowest BCUT2D eigenvalue weighted by atomic mass is 10.2. The third-order valence-electron chi connectivity index (χ3n) is 4.22. The van der Waals surface area contributed by atoms with Crippen LogP contribution in [0.25, 0.3) is 10.9 Å². The zero-order valence-electron chi connectivity index (χ0n) is 15.8. The minimum Gasteiger partial charge on any atom is -0.330 e. The van der Waals surface area contributed by atoms with Crippen molar-refractivity contribution in [3.63, 3.8) is 0 Å². The highest BCUT2D eigenvalue weighted by molar-refractivity contribution is 7.89. The molecule has 1 aromatic heterocycles. The quantitative estimate of drug-likeness (QED) is 0.359. The van der Waals surface area contributed by atoms with Crippen molar-refractivity contribution >= 4 is 20.9 Å². The minimum absolute atomic E-state index is 0.232. The Bertz CT molecular complexity index is 777. The van der Waals surface area contributed by atoms with Crippen molar-refractivity contribution in [1.82, 2.24) is 20.3 Å². The van der Waals surface area contributed by atoms with Crippen LogP contribution in [-0.4, -0.2) is 52.7 Å². The number of unbranched alkanes of at least 4 members (excludes halogenated alkanes) is 1. The topological polar surface area (TPSA) is 109 Å². The second-order valence-corrected chi connectivity index (χ2v) is 8.17. The Labute approximate surface area is 162 Å². The average molecular weight is 394 g/mol. The van der Waals surface area contributed by atoms with Gasteiger partial charge in [-0.05, 0) is 70.5 Å². The fourth-order valence-electron chi connectivity index (χ4n) is 2.77. The van der Waals surface area contributed by atoms with Gasteiger partial charge in [-0.15, -0.1) is 0 Å². The molecule has 7 nitrogen and oxygen atoms in total. The SMILES string of the molecule is NCCCNCCCCNCCCNS(=O)(=O)c1cccc2cccnc12. The molecule has 0 radical (unpaired) electrons. The van der Waals surface area contributed by atoms with E-state index in [-0.39, 0.29) is 4.90 Å². The van der Waals surface area contributed by atoms with Gasteiger partial charge in [-0.2, -0.15) is 0 Å². The van der Waals surface area contributed by atoms with Gasteiger partial charge in [-0.25, -0.2) is 13.1 Å². The second kappa shape index (κ2) is 12.0. The van der Waals surface area contributed by atoms with Crippen LogP contribution >= 0.6 is 0 Å². The Morgan fingerprint density at radius 2 is 1.52 bits per heavy atom. The first kappa shape index (κ1) is 21.7. The summed E-state index contributed by atoms with van der Waals surface area (Å²) < 4.78 is 27.8. The Balaban J connectivity index is 1.62. The molecular weight excluding hydrogens is 362 g/mol. The number of nitrogens with one attached hydrogen (secondary N) is 3. The predicted molar refractivity (Wildman–Crippen MR) is 110 cm³/mol. The molecule has 8 heteroatoms. The van der Waals surface area contributed by atoms with Gasteiger partial charge in [0.05, 0.1) is 5.52 Å². The summed E-state index contributed by atoms with van der Waals surface area (Å²) in [4.78, 5) is 4.45. The summed E-state index contributed by atoms with van der Waals surface area (Å²) in [5, 5.41) is 7.52. The third kappa shape index (κ3) is 7.51. The molecule has 0 atom stereocenters. The van der Waals surface area contributed by atoms with Crippen molar-refractivity contribution < 1.29 is 8.42 Å². The van der Waals surface area contributed by atoms with Crippen LogP contribution in [0.5, 0.6) is 0 Å². The molecule has 0 fully saturated rings. The number of benzene rings is 1. The maximum absolute atomic E-state index is 12.5. The van der Waals surface area contributed by atoms with E-state index in [1.54, 1.807) is 24.4 Å². The molecule has 5 N–H and O–H groups in total. The number of hydrogen-bond donors (Lipinski definition) is 4. The minimum atomic E-state index is -3.56. The first-order chi connectivity index (χ1) is 13.1. The number of hydrogen-bond acceptors (Lipinski definition) is 6. The fourth-order valence-corrected chi connectivity index (χ4v) is 4.02. The zero-order chi connectivity index (χ0) is 19.4. The first-order valence-electron chi connectivity index (χ1n) is 9.60. The maximum atomic E-state index is 12.5. The number of nitrogens with zero attached hydrogens (tertiary/aromatic N) is 1. The van der Waals surface area contributed by atoms with Gasteiger partial charge in [0.25, 0.3) is 0 Å². The van der Waals surface area contributed by atoms with E-state index in [0.717, 1.165) is 63.8 Å². The molecule has 1 heterocycles. The Hall–Kier alpha value is -1.58. The smallest absolute Gasteiger partial charge is 0.242 e. The molecule has 0 aliphatic carbocycles. The van der Waals surface area contributed by atoms with Gasteiger partial charge in [0.2, 0.25) is 10.0 Å². The molecule has 27 heavy (non-hydrogen) atoms. The van der Waals surface area contributed by atoms with E-state index in [1.807, 2.05) is 12.1 Å². The third-order valence-corrected chi connectivity index (χ3v) is 5.72. The van der Waals surface area contributed by atoms with Gasteiger partial charge in [0.1, 0.15) is 4.90 Å². The molecule has 0 aliphatic heterocycles. The lowest BCUT2D eigenvalue weighted by Crippen LogP contribution is -2.28.